The van der Waals surface area contributed by atoms with E-state index in [4.69, 9.17) is 4.74 Å². The Labute approximate surface area is 283 Å². The number of para-hydroxylation sites is 1. The predicted octanol–water partition coefficient (Wildman–Crippen LogP) is 5.88. The zero-order valence-corrected chi connectivity index (χ0v) is 27.7. The lowest BCUT2D eigenvalue weighted by Gasteiger charge is -2.30. The van der Waals surface area contributed by atoms with Crippen LogP contribution in [-0.4, -0.2) is 54.4 Å². The molecule has 0 bridgehead atoms. The van der Waals surface area contributed by atoms with E-state index in [1.807, 2.05) is 91.9 Å². The van der Waals surface area contributed by atoms with Crippen LogP contribution in [0.1, 0.15) is 75.5 Å². The van der Waals surface area contributed by atoms with Gasteiger partial charge in [-0.1, -0.05) is 80.4 Å². The maximum Gasteiger partial charge on any atom is 0.326 e. The van der Waals surface area contributed by atoms with Crippen molar-refractivity contribution in [2.75, 3.05) is 24.6 Å². The van der Waals surface area contributed by atoms with Gasteiger partial charge in [-0.05, 0) is 80.1 Å². The van der Waals surface area contributed by atoms with Gasteiger partial charge in [0.1, 0.15) is 18.4 Å². The third kappa shape index (κ3) is 8.69. The van der Waals surface area contributed by atoms with E-state index in [1.54, 1.807) is 4.90 Å². The first-order valence-electron chi connectivity index (χ1n) is 17.2. The number of carbonyl (C=O) groups is 4. The maximum atomic E-state index is 13.5. The summed E-state index contributed by atoms with van der Waals surface area (Å²) in [5.74, 6) is -0.706. The summed E-state index contributed by atoms with van der Waals surface area (Å²) in [5.41, 5.74) is 1.93. The lowest BCUT2D eigenvalue weighted by molar-refractivity contribution is -0.144. The lowest BCUT2D eigenvalue weighted by Crippen LogP contribution is -2.49. The molecule has 254 valence electrons. The quantitative estimate of drug-likeness (QED) is 0.155. The Balaban J connectivity index is 1.25. The molecule has 0 spiro atoms. The van der Waals surface area contributed by atoms with Gasteiger partial charge in [-0.15, -0.1) is 0 Å². The van der Waals surface area contributed by atoms with Gasteiger partial charge in [0.15, 0.2) is 5.78 Å². The zero-order valence-electron chi connectivity index (χ0n) is 27.7. The molecule has 2 amide bonds. The molecular weight excluding hydrogens is 606 g/mol. The molecule has 5 rings (SSSR count). The summed E-state index contributed by atoms with van der Waals surface area (Å²) in [5, 5.41) is 16.2. The van der Waals surface area contributed by atoms with Crippen LogP contribution in [0.3, 0.4) is 0 Å². The molecule has 3 atom stereocenters. The molecule has 3 aromatic rings. The van der Waals surface area contributed by atoms with E-state index in [0.717, 1.165) is 49.9 Å². The zero-order chi connectivity index (χ0) is 33.9. The average molecular weight is 654 g/mol. The van der Waals surface area contributed by atoms with E-state index < -0.39 is 17.4 Å². The van der Waals surface area contributed by atoms with Gasteiger partial charge < -0.3 is 25.4 Å². The Morgan fingerprint density at radius 3 is 2.27 bits per heavy atom. The summed E-state index contributed by atoms with van der Waals surface area (Å²) in [4.78, 5) is 53.8. The van der Waals surface area contributed by atoms with Crippen LogP contribution in [0.2, 0.25) is 0 Å². The number of carboxylic acid groups (broad SMARTS) is 1. The van der Waals surface area contributed by atoms with Crippen molar-refractivity contribution < 1.29 is 29.0 Å². The standard InChI is InChI=1S/C39H47N3O6/c1-2-40-24-23-39(21-9-10-22-39)38(47)41-34(37(45)46)25-28-15-18-31(19-16-28)42-35(44)26-30(36(42)29-11-5-3-6-12-29)17-20-32(43)27-48-33-13-7-4-8-14-33/h3-8,11-16,18-19,30,34,36,40H,2,9-10,17,20-27H2,1H3,(H,41,47)(H,45,46). The van der Waals surface area contributed by atoms with Crippen molar-refractivity contribution in [2.45, 2.75) is 76.8 Å². The highest BCUT2D eigenvalue weighted by atomic mass is 16.5. The molecule has 1 aliphatic carbocycles. The van der Waals surface area contributed by atoms with Crippen molar-refractivity contribution in [3.05, 3.63) is 96.1 Å². The topological polar surface area (TPSA) is 125 Å². The first kappa shape index (κ1) is 34.8. The molecule has 1 aliphatic heterocycles. The number of ketones is 1. The minimum Gasteiger partial charge on any atom is -0.486 e. The lowest BCUT2D eigenvalue weighted by atomic mass is 9.81. The van der Waals surface area contributed by atoms with Gasteiger partial charge >= 0.3 is 5.97 Å². The van der Waals surface area contributed by atoms with E-state index in [1.165, 1.54) is 0 Å². The summed E-state index contributed by atoms with van der Waals surface area (Å²) in [6.45, 7) is 3.56. The van der Waals surface area contributed by atoms with Crippen molar-refractivity contribution in [3.63, 3.8) is 0 Å². The van der Waals surface area contributed by atoms with Gasteiger partial charge in [-0.25, -0.2) is 4.79 Å². The van der Waals surface area contributed by atoms with Gasteiger partial charge in [0.2, 0.25) is 11.8 Å². The Hall–Kier alpha value is -4.50. The number of nitrogens with zero attached hydrogens (tertiary/aromatic N) is 1. The average Bonchev–Trinajstić information content (AvgIpc) is 3.72. The van der Waals surface area contributed by atoms with Crippen molar-refractivity contribution in [2.24, 2.45) is 11.3 Å². The van der Waals surface area contributed by atoms with Gasteiger partial charge in [-0.2, -0.15) is 0 Å². The number of ether oxygens (including phenoxy) is 1. The SMILES string of the molecule is CCNCCC1(C(=O)NC(Cc2ccc(N3C(=O)CC(CCC(=O)COc4ccccc4)C3c3ccccc3)cc2)C(=O)O)CCCC1. The fraction of sp³-hybridized carbons (Fsp3) is 0.436. The number of benzene rings is 3. The van der Waals surface area contributed by atoms with Crippen molar-refractivity contribution in [3.8, 4) is 5.75 Å². The van der Waals surface area contributed by atoms with Crippen molar-refractivity contribution >= 4 is 29.3 Å². The third-order valence-electron chi connectivity index (χ3n) is 9.84. The van der Waals surface area contributed by atoms with Crippen molar-refractivity contribution in [1.82, 2.24) is 10.6 Å². The molecule has 3 N–H and O–H groups in total. The summed E-state index contributed by atoms with van der Waals surface area (Å²) < 4.78 is 5.64. The molecule has 9 heteroatoms. The van der Waals surface area contributed by atoms with Crippen molar-refractivity contribution in [1.29, 1.82) is 0 Å². The first-order chi connectivity index (χ1) is 23.3. The molecule has 1 saturated heterocycles. The number of amides is 2. The molecular formula is C39H47N3O6. The molecule has 9 nitrogen and oxygen atoms in total. The molecule has 0 aromatic heterocycles. The number of carbonyl (C=O) groups excluding carboxylic acids is 3. The molecule has 1 heterocycles. The second kappa shape index (κ2) is 16.6. The maximum absolute atomic E-state index is 13.5. The van der Waals surface area contributed by atoms with Gasteiger partial charge in [0, 0.05) is 24.9 Å². The fourth-order valence-corrected chi connectivity index (χ4v) is 7.22. The number of carboxylic acids is 1. The minimum absolute atomic E-state index is 0.0132. The highest BCUT2D eigenvalue weighted by Gasteiger charge is 2.43. The Morgan fingerprint density at radius 1 is 0.958 bits per heavy atom. The van der Waals surface area contributed by atoms with Crippen LogP contribution in [0.5, 0.6) is 5.75 Å². The van der Waals surface area contributed by atoms with Crippen LogP contribution in [0, 0.1) is 11.3 Å². The smallest absolute Gasteiger partial charge is 0.326 e. The Morgan fingerprint density at radius 2 is 1.62 bits per heavy atom. The van der Waals surface area contributed by atoms with Gasteiger partial charge in [0.25, 0.3) is 0 Å². The first-order valence-corrected chi connectivity index (χ1v) is 17.2. The molecule has 48 heavy (non-hydrogen) atoms. The van der Waals surface area contributed by atoms with Crippen LogP contribution >= 0.6 is 0 Å². The number of hydrogen-bond acceptors (Lipinski definition) is 6. The molecule has 3 unspecified atom stereocenters. The van der Waals surface area contributed by atoms with Gasteiger partial charge in [-0.3, -0.25) is 14.4 Å². The molecule has 0 radical (unpaired) electrons. The third-order valence-corrected chi connectivity index (χ3v) is 9.84. The number of hydrogen-bond donors (Lipinski definition) is 3. The number of anilines is 1. The van der Waals surface area contributed by atoms with E-state index in [2.05, 4.69) is 10.6 Å². The van der Waals surface area contributed by atoms with Crippen LogP contribution in [0.25, 0.3) is 0 Å². The minimum atomic E-state index is -1.07. The molecule has 1 saturated carbocycles. The van der Waals surface area contributed by atoms with Crippen LogP contribution in [0.15, 0.2) is 84.9 Å². The van der Waals surface area contributed by atoms with E-state index in [0.29, 0.717) is 37.1 Å². The Kier molecular flexibility index (Phi) is 12.0. The van der Waals surface area contributed by atoms with E-state index >= 15 is 0 Å². The Bertz CT molecular complexity index is 1520. The molecule has 2 aliphatic rings. The van der Waals surface area contributed by atoms with E-state index in [-0.39, 0.29) is 42.6 Å². The van der Waals surface area contributed by atoms with Crippen LogP contribution in [0.4, 0.5) is 5.69 Å². The van der Waals surface area contributed by atoms with Gasteiger partial charge in [0.05, 0.1) is 11.5 Å². The van der Waals surface area contributed by atoms with E-state index in [9.17, 15) is 24.3 Å². The highest BCUT2D eigenvalue weighted by Crippen LogP contribution is 2.44. The van der Waals surface area contributed by atoms with Crippen LogP contribution in [-0.2, 0) is 25.6 Å². The summed E-state index contributed by atoms with van der Waals surface area (Å²) in [6.07, 6.45) is 5.48. The second-order valence-electron chi connectivity index (χ2n) is 13.1. The van der Waals surface area contributed by atoms with Crippen LogP contribution < -0.4 is 20.3 Å². The largest absolute Gasteiger partial charge is 0.486 e. The second-order valence-corrected chi connectivity index (χ2v) is 13.1. The summed E-state index contributed by atoms with van der Waals surface area (Å²) in [6, 6.07) is 25.1. The summed E-state index contributed by atoms with van der Waals surface area (Å²) in [7, 11) is 0. The number of Topliss-reactive ketones (excluding diaryl/α,β-unsaturated/α-hetero) is 1. The molecule has 2 fully saturated rings. The number of rotatable bonds is 17. The number of nitrogens with one attached hydrogen (secondary N) is 2. The summed E-state index contributed by atoms with van der Waals surface area (Å²) >= 11 is 0. The predicted molar refractivity (Wildman–Crippen MR) is 185 cm³/mol. The highest BCUT2D eigenvalue weighted by molar-refractivity contribution is 5.97. The normalized spacial score (nSPS) is 19.2. The monoisotopic (exact) mass is 653 g/mol. The number of aliphatic carboxylic acids is 1. The molecule has 3 aromatic carbocycles. The fourth-order valence-electron chi connectivity index (χ4n) is 7.22.